The molecule has 0 saturated heterocycles. The summed E-state index contributed by atoms with van der Waals surface area (Å²) in [6.45, 7) is 2.46. The number of hydrogen-bond acceptors (Lipinski definition) is 3. The van der Waals surface area contributed by atoms with Crippen LogP contribution >= 0.6 is 11.6 Å². The van der Waals surface area contributed by atoms with E-state index in [0.29, 0.717) is 6.67 Å². The lowest BCUT2D eigenvalue weighted by Crippen LogP contribution is -2.47. The van der Waals surface area contributed by atoms with Crippen LogP contribution in [0.2, 0.25) is 5.02 Å². The van der Waals surface area contributed by atoms with Gasteiger partial charge in [-0.15, -0.1) is 0 Å². The monoisotopic (exact) mass is 375 g/mol. The van der Waals surface area contributed by atoms with Gasteiger partial charge in [0.15, 0.2) is 0 Å². The fourth-order valence-electron chi connectivity index (χ4n) is 3.32. The predicted octanol–water partition coefficient (Wildman–Crippen LogP) is 5.07. The number of amidine groups is 1. The normalized spacial score (nSPS) is 14.9. The Hall–Kier alpha value is -2.62. The van der Waals surface area contributed by atoms with Crippen molar-refractivity contribution in [3.63, 3.8) is 0 Å². The standard InChI is InChI=1S/C23H22ClN3/c24-21-12-7-13-22(16-21)27-18-26(15-14-19-8-3-1-4-9-19)17-25-23(27)20-10-5-2-6-11-20/h1-13,16H,14-15,17-18H2. The zero-order valence-electron chi connectivity index (χ0n) is 15.1. The Labute approximate surface area is 165 Å². The predicted molar refractivity (Wildman–Crippen MR) is 113 cm³/mol. The van der Waals surface area contributed by atoms with Crippen molar-refractivity contribution in [1.29, 1.82) is 0 Å². The van der Waals surface area contributed by atoms with Gasteiger partial charge >= 0.3 is 0 Å². The second kappa shape index (κ2) is 8.38. The molecule has 0 saturated carbocycles. The number of anilines is 1. The molecule has 1 aliphatic rings. The molecule has 27 heavy (non-hydrogen) atoms. The van der Waals surface area contributed by atoms with Crippen molar-refractivity contribution in [2.24, 2.45) is 4.99 Å². The summed E-state index contributed by atoms with van der Waals surface area (Å²) in [4.78, 5) is 9.51. The van der Waals surface area contributed by atoms with Gasteiger partial charge in [0.25, 0.3) is 0 Å². The molecule has 0 atom stereocenters. The van der Waals surface area contributed by atoms with Crippen LogP contribution in [0.15, 0.2) is 89.9 Å². The van der Waals surface area contributed by atoms with E-state index in [-0.39, 0.29) is 0 Å². The van der Waals surface area contributed by atoms with E-state index >= 15 is 0 Å². The molecular weight excluding hydrogens is 354 g/mol. The first-order valence-electron chi connectivity index (χ1n) is 9.19. The van der Waals surface area contributed by atoms with Crippen molar-refractivity contribution in [2.75, 3.05) is 24.8 Å². The zero-order valence-corrected chi connectivity index (χ0v) is 15.9. The maximum atomic E-state index is 6.26. The molecule has 0 aromatic heterocycles. The maximum Gasteiger partial charge on any atom is 0.137 e. The first kappa shape index (κ1) is 17.8. The lowest BCUT2D eigenvalue weighted by molar-refractivity contribution is 0.285. The minimum absolute atomic E-state index is 0.703. The molecule has 3 nitrogen and oxygen atoms in total. The third-order valence-corrected chi connectivity index (χ3v) is 4.96. The molecule has 1 heterocycles. The Kier molecular flexibility index (Phi) is 5.52. The summed E-state index contributed by atoms with van der Waals surface area (Å²) < 4.78 is 0. The number of benzene rings is 3. The molecule has 0 aliphatic carbocycles. The van der Waals surface area contributed by atoms with E-state index < -0.39 is 0 Å². The van der Waals surface area contributed by atoms with Crippen LogP contribution in [-0.2, 0) is 6.42 Å². The Morgan fingerprint density at radius 3 is 2.33 bits per heavy atom. The van der Waals surface area contributed by atoms with Crippen LogP contribution in [0.4, 0.5) is 5.69 Å². The van der Waals surface area contributed by atoms with E-state index in [0.717, 1.165) is 41.7 Å². The van der Waals surface area contributed by atoms with Crippen molar-refractivity contribution in [3.8, 4) is 0 Å². The van der Waals surface area contributed by atoms with Crippen molar-refractivity contribution in [3.05, 3.63) is 101 Å². The Bertz CT molecular complexity index is 909. The van der Waals surface area contributed by atoms with Gasteiger partial charge in [0.05, 0.1) is 13.3 Å². The molecule has 136 valence electrons. The molecule has 0 unspecified atom stereocenters. The van der Waals surface area contributed by atoms with E-state index in [4.69, 9.17) is 16.6 Å². The van der Waals surface area contributed by atoms with Gasteiger partial charge in [-0.1, -0.05) is 78.3 Å². The molecule has 0 N–H and O–H groups in total. The number of halogens is 1. The number of hydrogen-bond donors (Lipinski definition) is 0. The van der Waals surface area contributed by atoms with Gasteiger partial charge in [0.2, 0.25) is 0 Å². The van der Waals surface area contributed by atoms with Crippen molar-refractivity contribution in [2.45, 2.75) is 6.42 Å². The molecule has 3 aromatic carbocycles. The summed E-state index contributed by atoms with van der Waals surface area (Å²) in [5, 5.41) is 0.737. The topological polar surface area (TPSA) is 18.8 Å². The molecule has 1 aliphatic heterocycles. The smallest absolute Gasteiger partial charge is 0.137 e. The number of rotatable bonds is 5. The highest BCUT2D eigenvalue weighted by molar-refractivity contribution is 6.31. The van der Waals surface area contributed by atoms with Gasteiger partial charge in [0.1, 0.15) is 5.84 Å². The Balaban J connectivity index is 1.58. The molecule has 3 aromatic rings. The second-order valence-electron chi connectivity index (χ2n) is 6.67. The Morgan fingerprint density at radius 2 is 1.59 bits per heavy atom. The SMILES string of the molecule is Clc1cccc(N2CN(CCc3ccccc3)CN=C2c2ccccc2)c1. The minimum Gasteiger partial charge on any atom is -0.313 e. The van der Waals surface area contributed by atoms with Gasteiger partial charge in [-0.2, -0.15) is 0 Å². The lowest BCUT2D eigenvalue weighted by atomic mass is 10.1. The van der Waals surface area contributed by atoms with E-state index in [1.807, 2.05) is 24.3 Å². The van der Waals surface area contributed by atoms with Crippen LogP contribution in [0.5, 0.6) is 0 Å². The van der Waals surface area contributed by atoms with Gasteiger partial charge in [-0.3, -0.25) is 9.89 Å². The molecule has 0 amide bonds. The summed E-state index contributed by atoms with van der Waals surface area (Å²) in [6, 6.07) is 28.9. The van der Waals surface area contributed by atoms with E-state index in [9.17, 15) is 0 Å². The fourth-order valence-corrected chi connectivity index (χ4v) is 3.50. The third kappa shape index (κ3) is 4.38. The molecule has 4 rings (SSSR count). The van der Waals surface area contributed by atoms with Crippen LogP contribution in [0, 0.1) is 0 Å². The largest absolute Gasteiger partial charge is 0.313 e. The van der Waals surface area contributed by atoms with E-state index in [1.54, 1.807) is 0 Å². The number of nitrogens with zero attached hydrogens (tertiary/aromatic N) is 3. The first-order valence-corrected chi connectivity index (χ1v) is 9.57. The molecule has 0 bridgehead atoms. The van der Waals surface area contributed by atoms with Crippen LogP contribution in [0.1, 0.15) is 11.1 Å². The fraction of sp³-hybridized carbons (Fsp3) is 0.174. The summed E-state index contributed by atoms with van der Waals surface area (Å²) in [5.74, 6) is 0.994. The molecular formula is C23H22ClN3. The number of aliphatic imine (C=N–C) groups is 1. The highest BCUT2D eigenvalue weighted by atomic mass is 35.5. The van der Waals surface area contributed by atoms with Crippen LogP contribution < -0.4 is 4.90 Å². The molecule has 4 heteroatoms. The average Bonchev–Trinajstić information content (AvgIpc) is 2.73. The maximum absolute atomic E-state index is 6.26. The van der Waals surface area contributed by atoms with Gasteiger partial charge in [0, 0.05) is 22.8 Å². The third-order valence-electron chi connectivity index (χ3n) is 4.73. The van der Waals surface area contributed by atoms with E-state index in [1.165, 1.54) is 5.56 Å². The van der Waals surface area contributed by atoms with Crippen LogP contribution in [-0.4, -0.2) is 30.6 Å². The highest BCUT2D eigenvalue weighted by Gasteiger charge is 2.23. The van der Waals surface area contributed by atoms with Crippen LogP contribution in [0.25, 0.3) is 0 Å². The second-order valence-corrected chi connectivity index (χ2v) is 7.10. The minimum atomic E-state index is 0.703. The van der Waals surface area contributed by atoms with Crippen molar-refractivity contribution >= 4 is 23.1 Å². The molecule has 0 fully saturated rings. The van der Waals surface area contributed by atoms with Crippen LogP contribution in [0.3, 0.4) is 0 Å². The zero-order chi connectivity index (χ0) is 18.5. The molecule has 0 radical (unpaired) electrons. The summed E-state index contributed by atoms with van der Waals surface area (Å²) in [6.07, 6.45) is 1.01. The van der Waals surface area contributed by atoms with Gasteiger partial charge in [-0.05, 0) is 30.2 Å². The lowest BCUT2D eigenvalue weighted by Gasteiger charge is -2.36. The summed E-state index contributed by atoms with van der Waals surface area (Å²) in [5.41, 5.74) is 3.54. The highest BCUT2D eigenvalue weighted by Crippen LogP contribution is 2.24. The van der Waals surface area contributed by atoms with Crippen molar-refractivity contribution in [1.82, 2.24) is 4.90 Å². The van der Waals surface area contributed by atoms with Gasteiger partial charge < -0.3 is 4.90 Å². The average molecular weight is 376 g/mol. The van der Waals surface area contributed by atoms with Gasteiger partial charge in [-0.25, -0.2) is 0 Å². The molecule has 0 spiro atoms. The Morgan fingerprint density at radius 1 is 0.852 bits per heavy atom. The van der Waals surface area contributed by atoms with Crippen molar-refractivity contribution < 1.29 is 0 Å². The summed E-state index contributed by atoms with van der Waals surface area (Å²) in [7, 11) is 0. The summed E-state index contributed by atoms with van der Waals surface area (Å²) >= 11 is 6.26. The quantitative estimate of drug-likeness (QED) is 0.620. The first-order chi connectivity index (χ1) is 13.3. The van der Waals surface area contributed by atoms with E-state index in [2.05, 4.69) is 70.5 Å².